The summed E-state index contributed by atoms with van der Waals surface area (Å²) in [5, 5.41) is 8.66. The Morgan fingerprint density at radius 2 is 1.61 bits per heavy atom. The van der Waals surface area contributed by atoms with Crippen LogP contribution in [0.15, 0.2) is 60.7 Å². The highest BCUT2D eigenvalue weighted by Crippen LogP contribution is 2.22. The molecule has 2 aromatic carbocycles. The van der Waals surface area contributed by atoms with Gasteiger partial charge in [0.2, 0.25) is 0 Å². The monoisotopic (exact) mass is 235 g/mol. The maximum absolute atomic E-state index is 8.66. The highest BCUT2D eigenvalue weighted by Gasteiger charge is 2.02. The number of ether oxygens (including phenoxy) is 1. The van der Waals surface area contributed by atoms with Crippen molar-refractivity contribution < 1.29 is 4.74 Å². The molecule has 0 aliphatic heterocycles. The molecule has 88 valence electrons. The fourth-order valence-corrected chi connectivity index (χ4v) is 1.78. The SMILES string of the molecule is COC(=CC#N)c1ccc(-c2ccccc2)cc1. The number of nitriles is 1. The Morgan fingerprint density at radius 3 is 2.17 bits per heavy atom. The van der Waals surface area contributed by atoms with E-state index < -0.39 is 0 Å². The first-order valence-corrected chi connectivity index (χ1v) is 5.65. The summed E-state index contributed by atoms with van der Waals surface area (Å²) in [5.74, 6) is 0.581. The van der Waals surface area contributed by atoms with Gasteiger partial charge in [0.05, 0.1) is 19.3 Å². The van der Waals surface area contributed by atoms with Gasteiger partial charge in [0.25, 0.3) is 0 Å². The molecule has 0 spiro atoms. The zero-order valence-corrected chi connectivity index (χ0v) is 10.1. The van der Waals surface area contributed by atoms with Crippen molar-refractivity contribution in [2.24, 2.45) is 0 Å². The second-order valence-electron chi connectivity index (χ2n) is 3.79. The lowest BCUT2D eigenvalue weighted by atomic mass is 10.0. The topological polar surface area (TPSA) is 33.0 Å². The van der Waals surface area contributed by atoms with Crippen molar-refractivity contribution in [1.29, 1.82) is 5.26 Å². The molecule has 0 heterocycles. The van der Waals surface area contributed by atoms with Gasteiger partial charge in [0.1, 0.15) is 5.76 Å². The summed E-state index contributed by atoms with van der Waals surface area (Å²) in [7, 11) is 1.56. The number of nitrogens with zero attached hydrogens (tertiary/aromatic N) is 1. The van der Waals surface area contributed by atoms with E-state index in [1.807, 2.05) is 48.5 Å². The predicted molar refractivity (Wildman–Crippen MR) is 72.5 cm³/mol. The van der Waals surface area contributed by atoms with Crippen molar-refractivity contribution in [2.45, 2.75) is 0 Å². The standard InChI is InChI=1S/C16H13NO/c1-18-16(11-12-17)15-9-7-14(8-10-15)13-5-3-2-4-6-13/h2-11H,1H3. The van der Waals surface area contributed by atoms with E-state index >= 15 is 0 Å². The van der Waals surface area contributed by atoms with E-state index in [0.29, 0.717) is 5.76 Å². The first kappa shape index (κ1) is 11.9. The van der Waals surface area contributed by atoms with Crippen molar-refractivity contribution in [3.8, 4) is 17.2 Å². The van der Waals surface area contributed by atoms with E-state index in [0.717, 1.165) is 11.1 Å². The largest absolute Gasteiger partial charge is 0.495 e. The van der Waals surface area contributed by atoms with Crippen LogP contribution in [0.1, 0.15) is 5.56 Å². The van der Waals surface area contributed by atoms with Crippen molar-refractivity contribution in [3.63, 3.8) is 0 Å². The Hall–Kier alpha value is -2.53. The van der Waals surface area contributed by atoms with E-state index in [-0.39, 0.29) is 0 Å². The summed E-state index contributed by atoms with van der Waals surface area (Å²) in [6.07, 6.45) is 1.40. The van der Waals surface area contributed by atoms with Crippen LogP contribution in [0, 0.1) is 11.3 Å². The quantitative estimate of drug-likeness (QED) is 0.597. The van der Waals surface area contributed by atoms with Crippen LogP contribution < -0.4 is 0 Å². The molecule has 0 saturated heterocycles. The minimum atomic E-state index is 0.581. The number of hydrogen-bond donors (Lipinski definition) is 0. The zero-order valence-electron chi connectivity index (χ0n) is 10.1. The molecule has 0 radical (unpaired) electrons. The molecule has 0 aliphatic carbocycles. The van der Waals surface area contributed by atoms with Gasteiger partial charge >= 0.3 is 0 Å². The molecule has 0 N–H and O–H groups in total. The van der Waals surface area contributed by atoms with Crippen LogP contribution in [0.3, 0.4) is 0 Å². The van der Waals surface area contributed by atoms with Crippen LogP contribution in [0.25, 0.3) is 16.9 Å². The molecule has 0 aromatic heterocycles. The highest BCUT2D eigenvalue weighted by molar-refractivity contribution is 5.68. The summed E-state index contributed by atoms with van der Waals surface area (Å²) in [6, 6.07) is 20.1. The van der Waals surface area contributed by atoms with Crippen molar-refractivity contribution in [2.75, 3.05) is 7.11 Å². The highest BCUT2D eigenvalue weighted by atomic mass is 16.5. The number of allylic oxidation sites excluding steroid dienone is 1. The van der Waals surface area contributed by atoms with Crippen molar-refractivity contribution in [3.05, 3.63) is 66.2 Å². The van der Waals surface area contributed by atoms with Gasteiger partial charge in [-0.25, -0.2) is 0 Å². The molecule has 0 saturated carbocycles. The number of benzene rings is 2. The van der Waals surface area contributed by atoms with Crippen LogP contribution in [-0.2, 0) is 4.74 Å². The van der Waals surface area contributed by atoms with Gasteiger partial charge in [-0.15, -0.1) is 0 Å². The molecule has 0 atom stereocenters. The summed E-state index contributed by atoms with van der Waals surface area (Å²) in [5.41, 5.74) is 3.22. The Labute approximate surface area is 107 Å². The summed E-state index contributed by atoms with van der Waals surface area (Å²) in [6.45, 7) is 0. The molecule has 2 rings (SSSR count). The van der Waals surface area contributed by atoms with Gasteiger partial charge < -0.3 is 4.74 Å². The Balaban J connectivity index is 2.32. The molecular formula is C16H13NO. The van der Waals surface area contributed by atoms with E-state index in [2.05, 4.69) is 12.1 Å². The first-order chi connectivity index (χ1) is 8.85. The summed E-state index contributed by atoms with van der Waals surface area (Å²) in [4.78, 5) is 0. The molecular weight excluding hydrogens is 222 g/mol. The van der Waals surface area contributed by atoms with Crippen LogP contribution in [-0.4, -0.2) is 7.11 Å². The molecule has 2 aromatic rings. The van der Waals surface area contributed by atoms with Gasteiger partial charge in [-0.05, 0) is 11.1 Å². The summed E-state index contributed by atoms with van der Waals surface area (Å²) >= 11 is 0. The third-order valence-corrected chi connectivity index (χ3v) is 2.69. The fourth-order valence-electron chi connectivity index (χ4n) is 1.78. The molecule has 0 aliphatic rings. The van der Waals surface area contributed by atoms with Crippen LogP contribution in [0.4, 0.5) is 0 Å². The van der Waals surface area contributed by atoms with Crippen molar-refractivity contribution in [1.82, 2.24) is 0 Å². The minimum Gasteiger partial charge on any atom is -0.495 e. The smallest absolute Gasteiger partial charge is 0.136 e. The van der Waals surface area contributed by atoms with Crippen LogP contribution in [0.2, 0.25) is 0 Å². The normalized spacial score (nSPS) is 10.8. The summed E-state index contributed by atoms with van der Waals surface area (Å²) < 4.78 is 5.16. The van der Waals surface area contributed by atoms with E-state index in [9.17, 15) is 0 Å². The number of methoxy groups -OCH3 is 1. The Bertz CT molecular complexity index is 577. The number of rotatable bonds is 3. The lowest BCUT2D eigenvalue weighted by molar-refractivity contribution is 0.370. The molecule has 0 amide bonds. The molecule has 0 bridgehead atoms. The van der Waals surface area contributed by atoms with E-state index in [1.54, 1.807) is 7.11 Å². The maximum Gasteiger partial charge on any atom is 0.136 e. The third kappa shape index (κ3) is 2.58. The average molecular weight is 235 g/mol. The molecule has 2 heteroatoms. The van der Waals surface area contributed by atoms with Gasteiger partial charge in [0, 0.05) is 5.56 Å². The zero-order chi connectivity index (χ0) is 12.8. The molecule has 0 fully saturated rings. The Morgan fingerprint density at radius 1 is 1.00 bits per heavy atom. The van der Waals surface area contributed by atoms with Gasteiger partial charge in [-0.2, -0.15) is 5.26 Å². The lowest BCUT2D eigenvalue weighted by Gasteiger charge is -2.06. The molecule has 0 unspecified atom stereocenters. The maximum atomic E-state index is 8.66. The number of hydrogen-bond acceptors (Lipinski definition) is 2. The van der Waals surface area contributed by atoms with Crippen LogP contribution >= 0.6 is 0 Å². The van der Waals surface area contributed by atoms with Crippen LogP contribution in [0.5, 0.6) is 0 Å². The molecule has 2 nitrogen and oxygen atoms in total. The van der Waals surface area contributed by atoms with Gasteiger partial charge in [0.15, 0.2) is 0 Å². The van der Waals surface area contributed by atoms with E-state index in [1.165, 1.54) is 11.6 Å². The molecule has 18 heavy (non-hydrogen) atoms. The van der Waals surface area contributed by atoms with Crippen molar-refractivity contribution >= 4 is 5.76 Å². The minimum absolute atomic E-state index is 0.581. The second kappa shape index (κ2) is 5.70. The van der Waals surface area contributed by atoms with E-state index in [4.69, 9.17) is 10.00 Å². The average Bonchev–Trinajstić information content (AvgIpc) is 2.46. The lowest BCUT2D eigenvalue weighted by Crippen LogP contribution is -1.87. The first-order valence-electron chi connectivity index (χ1n) is 5.65. The Kier molecular flexibility index (Phi) is 3.78. The third-order valence-electron chi connectivity index (χ3n) is 2.69. The predicted octanol–water partition coefficient (Wildman–Crippen LogP) is 3.86. The second-order valence-corrected chi connectivity index (χ2v) is 3.79. The van der Waals surface area contributed by atoms with Gasteiger partial charge in [-0.3, -0.25) is 0 Å². The fraction of sp³-hybridized carbons (Fsp3) is 0.0625. The van der Waals surface area contributed by atoms with Gasteiger partial charge in [-0.1, -0.05) is 54.6 Å².